The van der Waals surface area contributed by atoms with Gasteiger partial charge in [-0.2, -0.15) is 0 Å². The minimum absolute atomic E-state index is 0.0823. The normalized spacial score (nSPS) is 32.4. The van der Waals surface area contributed by atoms with Crippen molar-refractivity contribution in [3.8, 4) is 0 Å². The Balaban J connectivity index is 1.75. The summed E-state index contributed by atoms with van der Waals surface area (Å²) in [6.07, 6.45) is 3.69. The first-order valence-electron chi connectivity index (χ1n) is 8.92. The van der Waals surface area contributed by atoms with Crippen LogP contribution in [0.3, 0.4) is 0 Å². The molecule has 2 aromatic rings. The minimum atomic E-state index is -1.86. The van der Waals surface area contributed by atoms with Crippen LogP contribution in [0.1, 0.15) is 26.3 Å². The molecule has 0 unspecified atom stereocenters. The number of halogens is 1. The van der Waals surface area contributed by atoms with E-state index in [0.29, 0.717) is 11.5 Å². The molecule has 4 atom stereocenters. The van der Waals surface area contributed by atoms with Gasteiger partial charge in [0.15, 0.2) is 17.3 Å². The van der Waals surface area contributed by atoms with Gasteiger partial charge in [-0.3, -0.25) is 0 Å². The van der Waals surface area contributed by atoms with Crippen molar-refractivity contribution in [1.82, 2.24) is 19.4 Å². The van der Waals surface area contributed by atoms with Crippen LogP contribution in [0.4, 0.5) is 10.2 Å². The predicted molar refractivity (Wildman–Crippen MR) is 97.8 cm³/mol. The van der Waals surface area contributed by atoms with Gasteiger partial charge in [-0.1, -0.05) is 0 Å². The second kappa shape index (κ2) is 6.22. The maximum absolute atomic E-state index is 15.3. The van der Waals surface area contributed by atoms with E-state index in [1.165, 1.54) is 6.33 Å². The van der Waals surface area contributed by atoms with Gasteiger partial charge in [-0.15, -0.1) is 0 Å². The van der Waals surface area contributed by atoms with Gasteiger partial charge in [0.1, 0.15) is 24.2 Å². The number of fused-ring (bicyclic) bond motifs is 2. The summed E-state index contributed by atoms with van der Waals surface area (Å²) in [4.78, 5) is 14.8. The quantitative estimate of drug-likeness (QED) is 0.646. The van der Waals surface area contributed by atoms with Gasteiger partial charge in [0.2, 0.25) is 0 Å². The minimum Gasteiger partial charge on any atom is -0.393 e. The Bertz CT molecular complexity index is 883. The van der Waals surface area contributed by atoms with E-state index in [4.69, 9.17) is 9.47 Å². The first kappa shape index (κ1) is 18.3. The van der Waals surface area contributed by atoms with E-state index in [1.54, 1.807) is 20.2 Å². The molecule has 1 aliphatic carbocycles. The van der Waals surface area contributed by atoms with Crippen molar-refractivity contribution < 1.29 is 19.0 Å². The molecule has 9 heteroatoms. The SMILES string of the molecule is CN(C)/C=N/c1ncnc2c1ccn2[C@@H]1C[C@](F)(CO)[C@H]2OC(C)(C)O[C@@H]12. The molecule has 0 aromatic carbocycles. The summed E-state index contributed by atoms with van der Waals surface area (Å²) >= 11 is 0. The summed E-state index contributed by atoms with van der Waals surface area (Å²) in [6, 6.07) is 1.51. The van der Waals surface area contributed by atoms with Gasteiger partial charge in [-0.25, -0.2) is 19.4 Å². The molecule has 1 N–H and O–H groups in total. The summed E-state index contributed by atoms with van der Waals surface area (Å²) in [5.74, 6) is -0.362. The standard InChI is InChI=1S/C18H24FN5O3/c1-17(2)26-13-12(7-18(19,8-25)14(13)27-17)24-6-5-11-15(22-10-23(3)4)20-9-21-16(11)24/h5-6,9-10,12-14,25H,7-8H2,1-4H3/b22-10+/t12-,13+,14+,18+/m1/s1. The Morgan fingerprint density at radius 1 is 1.41 bits per heavy atom. The van der Waals surface area contributed by atoms with Crippen molar-refractivity contribution in [3.05, 3.63) is 18.6 Å². The number of rotatable bonds is 4. The lowest BCUT2D eigenvalue weighted by molar-refractivity contribution is -0.174. The van der Waals surface area contributed by atoms with Crippen LogP contribution in [-0.4, -0.2) is 75.2 Å². The number of aliphatic hydroxyl groups excluding tert-OH is 1. The van der Waals surface area contributed by atoms with Gasteiger partial charge in [0, 0.05) is 26.7 Å². The number of alkyl halides is 1. The lowest BCUT2D eigenvalue weighted by atomic mass is 10.0. The van der Waals surface area contributed by atoms with Gasteiger partial charge in [0.25, 0.3) is 0 Å². The second-order valence-corrected chi connectivity index (χ2v) is 7.85. The summed E-state index contributed by atoms with van der Waals surface area (Å²) in [7, 11) is 3.75. The van der Waals surface area contributed by atoms with Crippen LogP contribution >= 0.6 is 0 Å². The largest absolute Gasteiger partial charge is 0.393 e. The summed E-state index contributed by atoms with van der Waals surface area (Å²) in [5.41, 5.74) is -1.21. The maximum atomic E-state index is 15.3. The van der Waals surface area contributed by atoms with Gasteiger partial charge in [-0.05, 0) is 19.9 Å². The predicted octanol–water partition coefficient (Wildman–Crippen LogP) is 1.82. The van der Waals surface area contributed by atoms with Crippen molar-refractivity contribution in [2.75, 3.05) is 20.7 Å². The monoisotopic (exact) mass is 377 g/mol. The maximum Gasteiger partial charge on any atom is 0.166 e. The molecule has 4 rings (SSSR count). The third-order valence-corrected chi connectivity index (χ3v) is 5.09. The van der Waals surface area contributed by atoms with E-state index in [1.807, 2.05) is 35.8 Å². The van der Waals surface area contributed by atoms with Crippen LogP contribution in [0.25, 0.3) is 11.0 Å². The van der Waals surface area contributed by atoms with Crippen LogP contribution < -0.4 is 0 Å². The third-order valence-electron chi connectivity index (χ3n) is 5.09. The fourth-order valence-corrected chi connectivity index (χ4v) is 3.96. The van der Waals surface area contributed by atoms with Crippen molar-refractivity contribution >= 4 is 23.2 Å². The molecule has 0 bridgehead atoms. The molecule has 146 valence electrons. The fraction of sp³-hybridized carbons (Fsp3) is 0.611. The first-order chi connectivity index (χ1) is 12.7. The zero-order valence-corrected chi connectivity index (χ0v) is 15.8. The van der Waals surface area contributed by atoms with Crippen LogP contribution in [0.15, 0.2) is 23.6 Å². The molecule has 0 radical (unpaired) electrons. The average molecular weight is 377 g/mol. The van der Waals surface area contributed by atoms with Gasteiger partial charge in [0.05, 0.1) is 24.4 Å². The molecule has 8 nitrogen and oxygen atoms in total. The van der Waals surface area contributed by atoms with Gasteiger partial charge < -0.3 is 24.0 Å². The molecule has 2 aliphatic rings. The van der Waals surface area contributed by atoms with Crippen LogP contribution in [-0.2, 0) is 9.47 Å². The first-order valence-corrected chi connectivity index (χ1v) is 8.92. The molecule has 2 fully saturated rings. The number of ether oxygens (including phenoxy) is 2. The Kier molecular flexibility index (Phi) is 4.21. The molecule has 1 saturated carbocycles. The van der Waals surface area contributed by atoms with Crippen molar-refractivity contribution in [2.24, 2.45) is 4.99 Å². The second-order valence-electron chi connectivity index (χ2n) is 7.85. The number of aromatic nitrogens is 3. The lowest BCUT2D eigenvalue weighted by Gasteiger charge is -2.26. The summed E-state index contributed by atoms with van der Waals surface area (Å²) < 4.78 is 29.0. The third kappa shape index (κ3) is 2.99. The Morgan fingerprint density at radius 2 is 2.19 bits per heavy atom. The van der Waals surface area contributed by atoms with E-state index in [2.05, 4.69) is 15.0 Å². The van der Waals surface area contributed by atoms with Crippen molar-refractivity contribution in [1.29, 1.82) is 0 Å². The molecule has 0 spiro atoms. The molecule has 1 aliphatic heterocycles. The van der Waals surface area contributed by atoms with E-state index in [9.17, 15) is 5.11 Å². The summed E-state index contributed by atoms with van der Waals surface area (Å²) in [5, 5.41) is 10.4. The van der Waals surface area contributed by atoms with E-state index in [0.717, 1.165) is 5.39 Å². The van der Waals surface area contributed by atoms with Gasteiger partial charge >= 0.3 is 0 Å². The van der Waals surface area contributed by atoms with Crippen LogP contribution in [0, 0.1) is 0 Å². The Labute approximate surface area is 156 Å². The molecule has 27 heavy (non-hydrogen) atoms. The molecule has 0 amide bonds. The summed E-state index contributed by atoms with van der Waals surface area (Å²) in [6.45, 7) is 2.89. The highest BCUT2D eigenvalue weighted by Crippen LogP contribution is 2.51. The molecule has 3 heterocycles. The number of nitrogens with zero attached hydrogens (tertiary/aromatic N) is 5. The van der Waals surface area contributed by atoms with Crippen molar-refractivity contribution in [2.45, 2.75) is 50.0 Å². The highest BCUT2D eigenvalue weighted by atomic mass is 19.1. The highest BCUT2D eigenvalue weighted by Gasteiger charge is 2.62. The number of hydrogen-bond acceptors (Lipinski definition) is 6. The molecule has 2 aromatic heterocycles. The Morgan fingerprint density at radius 3 is 2.89 bits per heavy atom. The smallest absolute Gasteiger partial charge is 0.166 e. The van der Waals surface area contributed by atoms with Crippen LogP contribution in [0.2, 0.25) is 0 Å². The highest BCUT2D eigenvalue weighted by molar-refractivity contribution is 5.87. The topological polar surface area (TPSA) is 85.0 Å². The van der Waals surface area contributed by atoms with E-state index in [-0.39, 0.29) is 12.5 Å². The number of hydrogen-bond donors (Lipinski definition) is 1. The van der Waals surface area contributed by atoms with Crippen LogP contribution in [0.5, 0.6) is 0 Å². The molecule has 1 saturated heterocycles. The van der Waals surface area contributed by atoms with Crippen molar-refractivity contribution in [3.63, 3.8) is 0 Å². The zero-order valence-electron chi connectivity index (χ0n) is 15.8. The van der Waals surface area contributed by atoms with E-state index >= 15 is 4.39 Å². The van der Waals surface area contributed by atoms with E-state index < -0.39 is 30.3 Å². The Hall–Kier alpha value is -2.10. The zero-order chi connectivity index (χ0) is 19.4. The fourth-order valence-electron chi connectivity index (χ4n) is 3.96. The average Bonchev–Trinajstić information content (AvgIpc) is 3.25. The lowest BCUT2D eigenvalue weighted by Crippen LogP contribution is -2.41. The number of aliphatic hydroxyl groups is 1. The number of aliphatic imine (C=N–C) groups is 1. The molecular weight excluding hydrogens is 353 g/mol. The molecular formula is C18H24FN5O3.